The number of nitrogens with zero attached hydrogens (tertiary/aromatic N) is 3. The summed E-state index contributed by atoms with van der Waals surface area (Å²) in [6, 6.07) is 6.07. The van der Waals surface area contributed by atoms with Crippen LogP contribution >= 0.6 is 0 Å². The maximum absolute atomic E-state index is 14.3. The van der Waals surface area contributed by atoms with Gasteiger partial charge in [-0.1, -0.05) is 52.8 Å². The second kappa shape index (κ2) is 10.2. The van der Waals surface area contributed by atoms with E-state index in [1.807, 2.05) is 43.0 Å². The van der Waals surface area contributed by atoms with E-state index in [9.17, 15) is 4.79 Å². The maximum atomic E-state index is 14.3. The SMILES string of the molecule is C=C(C)C1CCC2(C(=O)OCC[n+]3ccccc3)CCC3(C)C(CCC4C5(C)Cc6nccnc6C(C)(C)C5CCC43C)C12. The molecule has 236 valence electrons. The van der Waals surface area contributed by atoms with Crippen LogP contribution in [0.1, 0.15) is 104 Å². The monoisotopic (exact) mass is 596 g/mol. The van der Waals surface area contributed by atoms with Crippen LogP contribution in [0, 0.1) is 51.2 Å². The van der Waals surface area contributed by atoms with Crippen LogP contribution in [0.15, 0.2) is 55.1 Å². The normalized spacial score (nSPS) is 41.7. The third-order valence-corrected chi connectivity index (χ3v) is 14.9. The average molecular weight is 597 g/mol. The molecule has 5 heteroatoms. The molecule has 0 spiro atoms. The molecular formula is C39H54N3O2+. The lowest BCUT2D eigenvalue weighted by Crippen LogP contribution is -2.67. The summed E-state index contributed by atoms with van der Waals surface area (Å²) in [6.07, 6.45) is 18.0. The van der Waals surface area contributed by atoms with E-state index >= 15 is 0 Å². The molecule has 0 aliphatic heterocycles. The van der Waals surface area contributed by atoms with E-state index in [2.05, 4.69) is 52.7 Å². The van der Waals surface area contributed by atoms with Gasteiger partial charge in [-0.3, -0.25) is 14.8 Å². The number of fused-ring (bicyclic) bond motifs is 8. The van der Waals surface area contributed by atoms with E-state index in [1.165, 1.54) is 42.6 Å². The van der Waals surface area contributed by atoms with Crippen molar-refractivity contribution in [2.45, 2.75) is 111 Å². The van der Waals surface area contributed by atoms with Gasteiger partial charge >= 0.3 is 5.97 Å². The average Bonchev–Trinajstić information content (AvgIpc) is 3.39. The zero-order chi connectivity index (χ0) is 31.1. The highest BCUT2D eigenvalue weighted by Crippen LogP contribution is 2.77. The molecule has 2 aromatic heterocycles. The zero-order valence-electron chi connectivity index (χ0n) is 28.1. The Bertz CT molecular complexity index is 1450. The topological polar surface area (TPSA) is 56.0 Å². The number of aromatic nitrogens is 3. The van der Waals surface area contributed by atoms with E-state index in [0.29, 0.717) is 42.7 Å². The minimum atomic E-state index is -0.374. The Morgan fingerprint density at radius 2 is 1.66 bits per heavy atom. The third-order valence-electron chi connectivity index (χ3n) is 14.9. The Kier molecular flexibility index (Phi) is 7.00. The molecule has 4 saturated carbocycles. The standard InChI is InChI=1S/C39H54N3O2/c1-26(2)27-13-16-39(34(43)44-24-23-42-21-9-8-10-22-42)18-17-37(6)28(32(27)39)11-12-31-36(5)25-29-33(41-20-19-40-29)35(3,4)30(36)14-15-38(31,37)7/h8-10,19-22,27-28,30-32H,1,11-18,23-25H2,2-7H3/q+1. The van der Waals surface area contributed by atoms with Crippen LogP contribution in [-0.4, -0.2) is 22.5 Å². The highest BCUT2D eigenvalue weighted by atomic mass is 16.5. The number of allylic oxidation sites excluding steroid dienone is 1. The molecular weight excluding hydrogens is 542 g/mol. The number of esters is 1. The summed E-state index contributed by atoms with van der Waals surface area (Å²) < 4.78 is 8.30. The van der Waals surface area contributed by atoms with Gasteiger partial charge in [0.1, 0.15) is 0 Å². The predicted molar refractivity (Wildman–Crippen MR) is 172 cm³/mol. The van der Waals surface area contributed by atoms with Crippen LogP contribution in [0.5, 0.6) is 0 Å². The van der Waals surface area contributed by atoms with Crippen LogP contribution in [0.3, 0.4) is 0 Å². The van der Waals surface area contributed by atoms with Crippen LogP contribution in [0.25, 0.3) is 0 Å². The minimum absolute atomic E-state index is 0.0235. The first-order valence-electron chi connectivity index (χ1n) is 17.5. The first kappa shape index (κ1) is 30.1. The molecule has 2 heterocycles. The van der Waals surface area contributed by atoms with Crippen LogP contribution in [0.2, 0.25) is 0 Å². The summed E-state index contributed by atoms with van der Waals surface area (Å²) in [6.45, 7) is 20.7. The van der Waals surface area contributed by atoms with Crippen molar-refractivity contribution in [3.63, 3.8) is 0 Å². The number of rotatable bonds is 5. The summed E-state index contributed by atoms with van der Waals surface area (Å²) in [7, 11) is 0. The Labute approximate surface area is 265 Å². The highest BCUT2D eigenvalue weighted by molar-refractivity contribution is 5.78. The van der Waals surface area contributed by atoms with Gasteiger partial charge in [-0.2, -0.15) is 0 Å². The molecule has 2 aromatic rings. The first-order valence-corrected chi connectivity index (χ1v) is 17.5. The van der Waals surface area contributed by atoms with Crippen molar-refractivity contribution in [3.8, 4) is 0 Å². The zero-order valence-corrected chi connectivity index (χ0v) is 28.1. The van der Waals surface area contributed by atoms with Crippen molar-refractivity contribution < 1.29 is 14.1 Å². The van der Waals surface area contributed by atoms with Crippen molar-refractivity contribution in [2.24, 2.45) is 51.2 Å². The maximum Gasteiger partial charge on any atom is 0.312 e. The molecule has 0 amide bonds. The Morgan fingerprint density at radius 3 is 2.41 bits per heavy atom. The van der Waals surface area contributed by atoms with Crippen molar-refractivity contribution in [3.05, 3.63) is 66.5 Å². The summed E-state index contributed by atoms with van der Waals surface area (Å²) in [5, 5.41) is 0. The third kappa shape index (κ3) is 4.02. The molecule has 5 aliphatic rings. The number of carbonyl (C=O) groups excluding carboxylic acids is 1. The first-order chi connectivity index (χ1) is 20.9. The molecule has 0 N–H and O–H groups in total. The number of hydrogen-bond acceptors (Lipinski definition) is 4. The second-order valence-electron chi connectivity index (χ2n) is 16.8. The summed E-state index contributed by atoms with van der Waals surface area (Å²) in [5.41, 5.74) is 3.97. The van der Waals surface area contributed by atoms with E-state index in [4.69, 9.17) is 14.7 Å². The van der Waals surface area contributed by atoms with Gasteiger partial charge < -0.3 is 4.74 Å². The summed E-state index contributed by atoms with van der Waals surface area (Å²) in [5.74, 6) is 2.55. The van der Waals surface area contributed by atoms with Crippen molar-refractivity contribution in [1.29, 1.82) is 0 Å². The van der Waals surface area contributed by atoms with E-state index in [1.54, 1.807) is 0 Å². The number of pyridine rings is 1. The lowest BCUT2D eigenvalue weighted by molar-refractivity contribution is -0.698. The number of hydrogen-bond donors (Lipinski definition) is 0. The quantitative estimate of drug-likeness (QED) is 0.202. The van der Waals surface area contributed by atoms with Gasteiger partial charge in [-0.15, -0.1) is 0 Å². The van der Waals surface area contributed by atoms with Crippen LogP contribution in [0.4, 0.5) is 0 Å². The molecule has 9 unspecified atom stereocenters. The van der Waals surface area contributed by atoms with Crippen molar-refractivity contribution in [1.82, 2.24) is 9.97 Å². The molecule has 0 radical (unpaired) electrons. The number of ether oxygens (including phenoxy) is 1. The molecule has 5 aliphatic carbocycles. The summed E-state index contributed by atoms with van der Waals surface area (Å²) in [4.78, 5) is 24.1. The van der Waals surface area contributed by atoms with Gasteiger partial charge in [-0.05, 0) is 111 Å². The van der Waals surface area contributed by atoms with Crippen molar-refractivity contribution >= 4 is 5.97 Å². The van der Waals surface area contributed by atoms with Crippen LogP contribution in [-0.2, 0) is 27.9 Å². The van der Waals surface area contributed by atoms with Gasteiger partial charge in [0.05, 0.1) is 16.8 Å². The Hall–Kier alpha value is -2.56. The molecule has 0 aromatic carbocycles. The molecule has 0 bridgehead atoms. The molecule has 44 heavy (non-hydrogen) atoms. The molecule has 9 atom stereocenters. The van der Waals surface area contributed by atoms with Gasteiger partial charge in [0, 0.05) is 29.9 Å². The predicted octanol–water partition coefficient (Wildman–Crippen LogP) is 7.68. The van der Waals surface area contributed by atoms with E-state index < -0.39 is 0 Å². The largest absolute Gasteiger partial charge is 0.459 e. The second-order valence-corrected chi connectivity index (χ2v) is 16.8. The molecule has 5 nitrogen and oxygen atoms in total. The molecule has 7 rings (SSSR count). The smallest absolute Gasteiger partial charge is 0.312 e. The molecule has 0 saturated heterocycles. The lowest BCUT2D eigenvalue weighted by Gasteiger charge is -2.72. The van der Waals surface area contributed by atoms with Gasteiger partial charge in [0.15, 0.2) is 25.5 Å². The van der Waals surface area contributed by atoms with Crippen LogP contribution < -0.4 is 4.57 Å². The highest BCUT2D eigenvalue weighted by Gasteiger charge is 2.72. The minimum Gasteiger partial charge on any atom is -0.459 e. The fourth-order valence-electron chi connectivity index (χ4n) is 12.8. The van der Waals surface area contributed by atoms with E-state index in [0.717, 1.165) is 32.1 Å². The fraction of sp³-hybridized carbons (Fsp3) is 0.692. The Morgan fingerprint density at radius 1 is 0.909 bits per heavy atom. The van der Waals surface area contributed by atoms with Gasteiger partial charge in [0.2, 0.25) is 0 Å². The summed E-state index contributed by atoms with van der Waals surface area (Å²) >= 11 is 0. The van der Waals surface area contributed by atoms with E-state index in [-0.39, 0.29) is 33.0 Å². The van der Waals surface area contributed by atoms with Crippen molar-refractivity contribution in [2.75, 3.05) is 6.61 Å². The Balaban J connectivity index is 1.21. The number of carbonyl (C=O) groups is 1. The fourth-order valence-corrected chi connectivity index (χ4v) is 12.8. The lowest BCUT2D eigenvalue weighted by atomic mass is 9.32. The van der Waals surface area contributed by atoms with Gasteiger partial charge in [-0.25, -0.2) is 4.57 Å². The van der Waals surface area contributed by atoms with Gasteiger partial charge in [0.25, 0.3) is 0 Å². The molecule has 4 fully saturated rings.